The summed E-state index contributed by atoms with van der Waals surface area (Å²) >= 11 is 3.53. The highest BCUT2D eigenvalue weighted by molar-refractivity contribution is 9.10. The molecule has 114 valence electrons. The second kappa shape index (κ2) is 7.76. The number of nitrogens with zero attached hydrogens (tertiary/aromatic N) is 2. The molecule has 0 atom stereocenters. The van der Waals surface area contributed by atoms with Crippen LogP contribution in [-0.4, -0.2) is 15.8 Å². The third kappa shape index (κ3) is 4.68. The highest BCUT2D eigenvalue weighted by Crippen LogP contribution is 2.16. The van der Waals surface area contributed by atoms with Crippen LogP contribution in [0.5, 0.6) is 0 Å². The summed E-state index contributed by atoms with van der Waals surface area (Å²) in [5.74, 6) is 0. The summed E-state index contributed by atoms with van der Waals surface area (Å²) in [6.45, 7) is 8.29. The molecule has 0 radical (unpaired) electrons. The maximum atomic E-state index is 4.60. The molecule has 1 aromatic carbocycles. The van der Waals surface area contributed by atoms with Crippen molar-refractivity contribution in [2.24, 2.45) is 0 Å². The summed E-state index contributed by atoms with van der Waals surface area (Å²) in [7, 11) is 0. The number of hydrogen-bond acceptors (Lipinski definition) is 2. The van der Waals surface area contributed by atoms with Gasteiger partial charge in [0.15, 0.2) is 0 Å². The lowest BCUT2D eigenvalue weighted by Gasteiger charge is -2.11. The zero-order chi connectivity index (χ0) is 15.2. The molecule has 4 heteroatoms. The summed E-state index contributed by atoms with van der Waals surface area (Å²) in [6.07, 6.45) is 4.22. The van der Waals surface area contributed by atoms with Crippen LogP contribution in [0, 0.1) is 0 Å². The molecule has 0 aliphatic rings. The second-order valence-electron chi connectivity index (χ2n) is 5.69. The Morgan fingerprint density at radius 3 is 2.81 bits per heavy atom. The van der Waals surface area contributed by atoms with Crippen LogP contribution >= 0.6 is 15.9 Å². The maximum Gasteiger partial charge on any atom is 0.0663 e. The van der Waals surface area contributed by atoms with Gasteiger partial charge in [-0.2, -0.15) is 5.10 Å². The molecule has 0 fully saturated rings. The summed E-state index contributed by atoms with van der Waals surface area (Å²) in [4.78, 5) is 0. The quantitative estimate of drug-likeness (QED) is 0.813. The summed E-state index contributed by atoms with van der Waals surface area (Å²) < 4.78 is 3.26. The number of nitrogens with one attached hydrogen (secondary N) is 1. The largest absolute Gasteiger partial charge is 0.310 e. The first-order chi connectivity index (χ1) is 10.1. The van der Waals surface area contributed by atoms with Gasteiger partial charge >= 0.3 is 0 Å². The van der Waals surface area contributed by atoms with Gasteiger partial charge in [0.2, 0.25) is 0 Å². The van der Waals surface area contributed by atoms with E-state index in [0.717, 1.165) is 30.4 Å². The summed E-state index contributed by atoms with van der Waals surface area (Å²) in [5.41, 5.74) is 3.94. The van der Waals surface area contributed by atoms with Crippen LogP contribution in [0.1, 0.15) is 44.0 Å². The number of rotatable bonds is 7. The van der Waals surface area contributed by atoms with Crippen molar-refractivity contribution in [3.05, 3.63) is 51.8 Å². The predicted octanol–water partition coefficient (Wildman–Crippen LogP) is 4.14. The monoisotopic (exact) mass is 349 g/mol. The number of benzene rings is 1. The first-order valence-corrected chi connectivity index (χ1v) is 8.40. The first kappa shape index (κ1) is 16.2. The van der Waals surface area contributed by atoms with Crippen molar-refractivity contribution in [3.63, 3.8) is 0 Å². The molecule has 0 aliphatic heterocycles. The fraction of sp³-hybridized carbons (Fsp3) is 0.471. The van der Waals surface area contributed by atoms with E-state index in [4.69, 9.17) is 0 Å². The molecule has 0 aliphatic carbocycles. The highest BCUT2D eigenvalue weighted by Gasteiger charge is 2.11. The average molecular weight is 350 g/mol. The van der Waals surface area contributed by atoms with Crippen molar-refractivity contribution < 1.29 is 0 Å². The fourth-order valence-electron chi connectivity index (χ4n) is 2.38. The Morgan fingerprint density at radius 1 is 1.33 bits per heavy atom. The second-order valence-corrected chi connectivity index (χ2v) is 6.61. The minimum absolute atomic E-state index is 0.493. The van der Waals surface area contributed by atoms with E-state index in [1.807, 2.05) is 6.20 Å². The molecule has 3 nitrogen and oxygen atoms in total. The molecule has 0 amide bonds. The molecule has 0 saturated carbocycles. The van der Waals surface area contributed by atoms with Gasteiger partial charge in [0, 0.05) is 28.3 Å². The predicted molar refractivity (Wildman–Crippen MR) is 91.4 cm³/mol. The van der Waals surface area contributed by atoms with Crippen molar-refractivity contribution >= 4 is 15.9 Å². The van der Waals surface area contributed by atoms with Gasteiger partial charge in [-0.15, -0.1) is 0 Å². The molecule has 2 rings (SSSR count). The molecule has 0 spiro atoms. The lowest BCUT2D eigenvalue weighted by molar-refractivity contribution is 0.580. The Hall–Kier alpha value is -1.13. The fourth-order valence-corrected chi connectivity index (χ4v) is 2.83. The van der Waals surface area contributed by atoms with E-state index in [2.05, 4.69) is 76.1 Å². The van der Waals surface area contributed by atoms with Gasteiger partial charge in [-0.05, 0) is 24.1 Å². The standard InChI is InChI=1S/C17H24BrN3/c1-4-6-17-15(10-19-13(2)3)11-20-21(17)12-14-7-5-8-16(18)9-14/h5,7-9,11,13,19H,4,6,10,12H2,1-3H3. The van der Waals surface area contributed by atoms with E-state index < -0.39 is 0 Å². The van der Waals surface area contributed by atoms with Gasteiger partial charge in [-0.1, -0.05) is 55.3 Å². The van der Waals surface area contributed by atoms with Crippen molar-refractivity contribution in [1.82, 2.24) is 15.1 Å². The van der Waals surface area contributed by atoms with E-state index in [0.29, 0.717) is 6.04 Å². The Morgan fingerprint density at radius 2 is 2.14 bits per heavy atom. The van der Waals surface area contributed by atoms with Gasteiger partial charge in [-0.25, -0.2) is 0 Å². The third-order valence-corrected chi connectivity index (χ3v) is 3.94. The molecule has 21 heavy (non-hydrogen) atoms. The molecule has 0 saturated heterocycles. The molecule has 1 heterocycles. The first-order valence-electron chi connectivity index (χ1n) is 7.61. The maximum absolute atomic E-state index is 4.60. The van der Waals surface area contributed by atoms with Gasteiger partial charge < -0.3 is 5.32 Å². The summed E-state index contributed by atoms with van der Waals surface area (Å²) in [6, 6.07) is 8.92. The third-order valence-electron chi connectivity index (χ3n) is 3.44. The molecule has 0 bridgehead atoms. The topological polar surface area (TPSA) is 29.9 Å². The van der Waals surface area contributed by atoms with Crippen LogP contribution in [0.3, 0.4) is 0 Å². The smallest absolute Gasteiger partial charge is 0.0663 e. The van der Waals surface area contributed by atoms with Crippen LogP contribution in [-0.2, 0) is 19.5 Å². The zero-order valence-electron chi connectivity index (χ0n) is 13.1. The van der Waals surface area contributed by atoms with Crippen LogP contribution in [0.2, 0.25) is 0 Å². The minimum atomic E-state index is 0.493. The highest BCUT2D eigenvalue weighted by atomic mass is 79.9. The molecular formula is C17H24BrN3. The van der Waals surface area contributed by atoms with Crippen molar-refractivity contribution in [3.8, 4) is 0 Å². The van der Waals surface area contributed by atoms with Gasteiger partial charge in [0.1, 0.15) is 0 Å². The lowest BCUT2D eigenvalue weighted by atomic mass is 10.1. The van der Waals surface area contributed by atoms with E-state index in [1.165, 1.54) is 16.8 Å². The normalized spacial score (nSPS) is 11.3. The molecule has 0 unspecified atom stereocenters. The van der Waals surface area contributed by atoms with Crippen LogP contribution in [0.25, 0.3) is 0 Å². The Kier molecular flexibility index (Phi) is 6.00. The molecule has 1 N–H and O–H groups in total. The average Bonchev–Trinajstić information content (AvgIpc) is 2.80. The van der Waals surface area contributed by atoms with Crippen LogP contribution < -0.4 is 5.32 Å². The van der Waals surface area contributed by atoms with Crippen molar-refractivity contribution in [2.45, 2.75) is 52.7 Å². The van der Waals surface area contributed by atoms with Crippen LogP contribution in [0.15, 0.2) is 34.9 Å². The number of halogens is 1. The van der Waals surface area contributed by atoms with Gasteiger partial charge in [0.25, 0.3) is 0 Å². The molecular weight excluding hydrogens is 326 g/mol. The SMILES string of the molecule is CCCc1c(CNC(C)C)cnn1Cc1cccc(Br)c1. The molecule has 2 aromatic rings. The van der Waals surface area contributed by atoms with Gasteiger partial charge in [-0.3, -0.25) is 4.68 Å². The Bertz CT molecular complexity index is 575. The number of aromatic nitrogens is 2. The minimum Gasteiger partial charge on any atom is -0.310 e. The Labute approximate surface area is 135 Å². The van der Waals surface area contributed by atoms with Crippen molar-refractivity contribution in [1.29, 1.82) is 0 Å². The van der Waals surface area contributed by atoms with E-state index in [9.17, 15) is 0 Å². The Balaban J connectivity index is 2.18. The van der Waals surface area contributed by atoms with Gasteiger partial charge in [0.05, 0.1) is 12.7 Å². The zero-order valence-corrected chi connectivity index (χ0v) is 14.7. The molecule has 1 aromatic heterocycles. The lowest BCUT2D eigenvalue weighted by Crippen LogP contribution is -2.22. The number of hydrogen-bond donors (Lipinski definition) is 1. The van der Waals surface area contributed by atoms with E-state index in [1.54, 1.807) is 0 Å². The van der Waals surface area contributed by atoms with Crippen molar-refractivity contribution in [2.75, 3.05) is 0 Å². The van der Waals surface area contributed by atoms with E-state index in [-0.39, 0.29) is 0 Å². The van der Waals surface area contributed by atoms with E-state index >= 15 is 0 Å². The summed E-state index contributed by atoms with van der Waals surface area (Å²) in [5, 5.41) is 8.09. The van der Waals surface area contributed by atoms with Crippen LogP contribution in [0.4, 0.5) is 0 Å².